The predicted octanol–water partition coefficient (Wildman–Crippen LogP) is 3.46. The number of imide groups is 1. The Morgan fingerprint density at radius 3 is 1.96 bits per heavy atom. The standard InChI is InChI=1S/C23H20N2O3/c26-20(18-12-6-2-7-13-18)23(16-17-10-4-1-5-11-17)21(27)25(22(28)24-23)19-14-8-3-9-15-19/h1-15,20,26H,16H2,(H,24,28). The molecule has 0 saturated carbocycles. The molecule has 1 aliphatic rings. The van der Waals surface area contributed by atoms with E-state index in [4.69, 9.17) is 0 Å². The number of nitrogens with one attached hydrogen (secondary N) is 1. The Morgan fingerprint density at radius 1 is 0.821 bits per heavy atom. The van der Waals surface area contributed by atoms with Gasteiger partial charge in [0, 0.05) is 6.42 Å². The number of carbonyl (C=O) groups excluding carboxylic acids is 2. The largest absolute Gasteiger partial charge is 0.385 e. The highest BCUT2D eigenvalue weighted by Crippen LogP contribution is 2.36. The van der Waals surface area contributed by atoms with Crippen molar-refractivity contribution in [1.82, 2.24) is 5.32 Å². The van der Waals surface area contributed by atoms with Crippen molar-refractivity contribution < 1.29 is 14.7 Å². The lowest BCUT2D eigenvalue weighted by Crippen LogP contribution is -2.54. The molecule has 4 rings (SSSR count). The molecule has 1 aliphatic heterocycles. The Balaban J connectivity index is 1.80. The number of para-hydroxylation sites is 1. The molecule has 0 aromatic heterocycles. The van der Waals surface area contributed by atoms with Crippen LogP contribution < -0.4 is 10.2 Å². The third-order valence-electron chi connectivity index (χ3n) is 5.04. The smallest absolute Gasteiger partial charge is 0.329 e. The van der Waals surface area contributed by atoms with Crippen LogP contribution in [0.2, 0.25) is 0 Å². The molecule has 1 saturated heterocycles. The van der Waals surface area contributed by atoms with Gasteiger partial charge in [0.25, 0.3) is 5.91 Å². The summed E-state index contributed by atoms with van der Waals surface area (Å²) in [6.07, 6.45) is -1.02. The van der Waals surface area contributed by atoms with E-state index in [1.165, 1.54) is 0 Å². The molecule has 2 atom stereocenters. The number of benzene rings is 3. The first-order valence-electron chi connectivity index (χ1n) is 9.10. The average molecular weight is 372 g/mol. The molecule has 5 heteroatoms. The zero-order chi connectivity index (χ0) is 19.6. The topological polar surface area (TPSA) is 69.6 Å². The number of amides is 3. The molecule has 0 spiro atoms. The van der Waals surface area contributed by atoms with Crippen molar-refractivity contribution in [2.75, 3.05) is 4.90 Å². The van der Waals surface area contributed by atoms with E-state index < -0.39 is 23.6 Å². The third kappa shape index (κ3) is 3.06. The van der Waals surface area contributed by atoms with E-state index >= 15 is 0 Å². The van der Waals surface area contributed by atoms with Crippen LogP contribution in [0.3, 0.4) is 0 Å². The van der Waals surface area contributed by atoms with E-state index in [9.17, 15) is 14.7 Å². The number of hydrogen-bond donors (Lipinski definition) is 2. The molecule has 28 heavy (non-hydrogen) atoms. The number of hydrogen-bond acceptors (Lipinski definition) is 3. The molecule has 3 aromatic carbocycles. The fourth-order valence-electron chi connectivity index (χ4n) is 3.64. The molecular formula is C23H20N2O3. The molecule has 0 aliphatic carbocycles. The Hall–Kier alpha value is -3.44. The van der Waals surface area contributed by atoms with Gasteiger partial charge in [-0.05, 0) is 23.3 Å². The predicted molar refractivity (Wildman–Crippen MR) is 107 cm³/mol. The van der Waals surface area contributed by atoms with Crippen LogP contribution in [0.25, 0.3) is 0 Å². The molecule has 0 radical (unpaired) electrons. The van der Waals surface area contributed by atoms with E-state index in [0.717, 1.165) is 10.5 Å². The molecule has 1 heterocycles. The minimum Gasteiger partial charge on any atom is -0.385 e. The summed E-state index contributed by atoms with van der Waals surface area (Å²) in [5.74, 6) is -0.469. The first kappa shape index (κ1) is 17.9. The number of anilines is 1. The van der Waals surface area contributed by atoms with Crippen molar-refractivity contribution in [1.29, 1.82) is 0 Å². The molecule has 3 aromatic rings. The van der Waals surface area contributed by atoms with Crippen LogP contribution in [0.5, 0.6) is 0 Å². The monoisotopic (exact) mass is 372 g/mol. The van der Waals surface area contributed by atoms with Crippen LogP contribution >= 0.6 is 0 Å². The summed E-state index contributed by atoms with van der Waals surface area (Å²) in [7, 11) is 0. The molecule has 140 valence electrons. The molecule has 2 N–H and O–H groups in total. The summed E-state index contributed by atoms with van der Waals surface area (Å²) in [6.45, 7) is 0. The number of aliphatic hydroxyl groups is 1. The molecule has 0 bridgehead atoms. The van der Waals surface area contributed by atoms with Crippen LogP contribution in [0.15, 0.2) is 91.0 Å². The fourth-order valence-corrected chi connectivity index (χ4v) is 3.64. The van der Waals surface area contributed by atoms with Crippen LogP contribution in [-0.2, 0) is 11.2 Å². The summed E-state index contributed by atoms with van der Waals surface area (Å²) in [4.78, 5) is 27.5. The van der Waals surface area contributed by atoms with Crippen molar-refractivity contribution in [3.05, 3.63) is 102 Å². The third-order valence-corrected chi connectivity index (χ3v) is 5.04. The second-order valence-electron chi connectivity index (χ2n) is 6.85. The first-order chi connectivity index (χ1) is 13.6. The van der Waals surface area contributed by atoms with Crippen LogP contribution in [0, 0.1) is 0 Å². The van der Waals surface area contributed by atoms with Crippen LogP contribution in [-0.4, -0.2) is 22.6 Å². The van der Waals surface area contributed by atoms with Gasteiger partial charge in [-0.3, -0.25) is 4.79 Å². The number of rotatable bonds is 5. The van der Waals surface area contributed by atoms with Gasteiger partial charge in [-0.25, -0.2) is 9.69 Å². The maximum absolute atomic E-state index is 13.5. The normalized spacial score (nSPS) is 20.1. The highest BCUT2D eigenvalue weighted by Gasteiger charge is 2.56. The Kier molecular flexibility index (Phi) is 4.67. The van der Waals surface area contributed by atoms with Crippen molar-refractivity contribution >= 4 is 17.6 Å². The number of aliphatic hydroxyl groups excluding tert-OH is 1. The van der Waals surface area contributed by atoms with Gasteiger partial charge in [-0.1, -0.05) is 78.9 Å². The lowest BCUT2D eigenvalue weighted by molar-refractivity contribution is -0.126. The van der Waals surface area contributed by atoms with E-state index in [2.05, 4.69) is 5.32 Å². The summed E-state index contributed by atoms with van der Waals surface area (Å²) in [6, 6.07) is 26.5. The Labute approximate surface area is 163 Å². The van der Waals surface area contributed by atoms with Crippen LogP contribution in [0.1, 0.15) is 17.2 Å². The highest BCUT2D eigenvalue weighted by molar-refractivity contribution is 6.23. The van der Waals surface area contributed by atoms with Gasteiger partial charge in [0.2, 0.25) is 0 Å². The lowest BCUT2D eigenvalue weighted by atomic mass is 9.82. The summed E-state index contributed by atoms with van der Waals surface area (Å²) in [5, 5.41) is 14.0. The zero-order valence-corrected chi connectivity index (χ0v) is 15.2. The maximum atomic E-state index is 13.5. The summed E-state index contributed by atoms with van der Waals surface area (Å²) < 4.78 is 0. The quantitative estimate of drug-likeness (QED) is 0.674. The maximum Gasteiger partial charge on any atom is 0.329 e. The Morgan fingerprint density at radius 2 is 1.36 bits per heavy atom. The number of carbonyl (C=O) groups is 2. The van der Waals surface area contributed by atoms with E-state index in [1.54, 1.807) is 48.5 Å². The van der Waals surface area contributed by atoms with E-state index in [-0.39, 0.29) is 6.42 Å². The van der Waals surface area contributed by atoms with Gasteiger partial charge in [-0.15, -0.1) is 0 Å². The lowest BCUT2D eigenvalue weighted by Gasteiger charge is -2.32. The van der Waals surface area contributed by atoms with Gasteiger partial charge >= 0.3 is 6.03 Å². The van der Waals surface area contributed by atoms with Crippen molar-refractivity contribution in [2.24, 2.45) is 0 Å². The molecule has 2 unspecified atom stereocenters. The van der Waals surface area contributed by atoms with Gasteiger partial charge in [0.15, 0.2) is 5.54 Å². The average Bonchev–Trinajstić information content (AvgIpc) is 2.99. The number of nitrogens with zero attached hydrogens (tertiary/aromatic N) is 1. The molecular weight excluding hydrogens is 352 g/mol. The van der Waals surface area contributed by atoms with Gasteiger partial charge in [0.05, 0.1) is 5.69 Å². The fraction of sp³-hybridized carbons (Fsp3) is 0.130. The van der Waals surface area contributed by atoms with E-state index in [1.807, 2.05) is 42.5 Å². The second kappa shape index (κ2) is 7.29. The van der Waals surface area contributed by atoms with Crippen molar-refractivity contribution in [3.8, 4) is 0 Å². The first-order valence-corrected chi connectivity index (χ1v) is 9.10. The highest BCUT2D eigenvalue weighted by atomic mass is 16.3. The van der Waals surface area contributed by atoms with Crippen molar-refractivity contribution in [2.45, 2.75) is 18.1 Å². The van der Waals surface area contributed by atoms with Crippen molar-refractivity contribution in [3.63, 3.8) is 0 Å². The van der Waals surface area contributed by atoms with E-state index in [0.29, 0.717) is 11.3 Å². The van der Waals surface area contributed by atoms with Crippen LogP contribution in [0.4, 0.5) is 10.5 Å². The zero-order valence-electron chi connectivity index (χ0n) is 15.2. The SMILES string of the molecule is O=C1NC(Cc2ccccc2)(C(O)c2ccccc2)C(=O)N1c1ccccc1. The molecule has 3 amide bonds. The van der Waals surface area contributed by atoms with Gasteiger partial charge in [0.1, 0.15) is 6.10 Å². The minimum absolute atomic E-state index is 0.178. The molecule has 5 nitrogen and oxygen atoms in total. The second-order valence-corrected chi connectivity index (χ2v) is 6.85. The molecule has 1 fully saturated rings. The minimum atomic E-state index is -1.49. The van der Waals surface area contributed by atoms with Gasteiger partial charge in [-0.2, -0.15) is 0 Å². The summed E-state index contributed by atoms with van der Waals surface area (Å²) >= 11 is 0. The summed E-state index contributed by atoms with van der Waals surface area (Å²) in [5.41, 5.74) is 0.401. The van der Waals surface area contributed by atoms with Gasteiger partial charge < -0.3 is 10.4 Å². The number of urea groups is 1. The Bertz CT molecular complexity index is 977.